The van der Waals surface area contributed by atoms with E-state index < -0.39 is 47.5 Å². The van der Waals surface area contributed by atoms with Gasteiger partial charge in [0.15, 0.2) is 29.3 Å². The van der Waals surface area contributed by atoms with Gasteiger partial charge in [0.1, 0.15) is 6.54 Å². The van der Waals surface area contributed by atoms with Crippen molar-refractivity contribution in [3.63, 3.8) is 0 Å². The van der Waals surface area contributed by atoms with Crippen molar-refractivity contribution in [2.24, 2.45) is 0 Å². The highest BCUT2D eigenvalue weighted by molar-refractivity contribution is 5.84. The smallest absolute Gasteiger partial charge is 0.416 e. The van der Waals surface area contributed by atoms with Gasteiger partial charge in [-0.25, -0.2) is 18.4 Å². The highest BCUT2D eigenvalue weighted by atomic mass is 19.4. The number of hydrogen-bond donors (Lipinski definition) is 4. The third-order valence-corrected chi connectivity index (χ3v) is 10.9. The predicted molar refractivity (Wildman–Crippen MR) is 221 cm³/mol. The van der Waals surface area contributed by atoms with Crippen LogP contribution in [-0.2, 0) is 46.5 Å². The number of fused-ring (bicyclic) bond motifs is 1. The Morgan fingerprint density at radius 1 is 0.774 bits per heavy atom. The van der Waals surface area contributed by atoms with Gasteiger partial charge in [0, 0.05) is 48.4 Å². The third kappa shape index (κ3) is 11.7. The van der Waals surface area contributed by atoms with Crippen LogP contribution in [0.15, 0.2) is 102 Å². The molecular weight excluding hydrogens is 818 g/mol. The molecule has 2 atom stereocenters. The van der Waals surface area contributed by atoms with E-state index >= 15 is 0 Å². The Hall–Kier alpha value is -5.97. The monoisotopic (exact) mass is 865 g/mol. The molecule has 6 rings (SSSR count). The van der Waals surface area contributed by atoms with Crippen LogP contribution in [-0.4, -0.2) is 89.5 Å². The van der Waals surface area contributed by atoms with E-state index in [0.29, 0.717) is 28.7 Å². The Labute approximate surface area is 354 Å². The lowest BCUT2D eigenvalue weighted by Gasteiger charge is -2.44. The molecule has 0 spiro atoms. The van der Waals surface area contributed by atoms with Crippen LogP contribution in [0.3, 0.4) is 0 Å². The molecule has 1 aliphatic rings. The molecular formula is C46H48F5N3O8. The molecule has 62 heavy (non-hydrogen) atoms. The van der Waals surface area contributed by atoms with E-state index in [2.05, 4.69) is 25.7 Å². The lowest BCUT2D eigenvalue weighted by molar-refractivity contribution is -0.165. The number of carboxylic acids is 2. The number of nitrogens with zero attached hydrogens (tertiary/aromatic N) is 3. The summed E-state index contributed by atoms with van der Waals surface area (Å²) in [6.45, 7) is 8.40. The fourth-order valence-electron chi connectivity index (χ4n) is 7.39. The summed E-state index contributed by atoms with van der Waals surface area (Å²) in [5, 5.41) is 33.0. The third-order valence-electron chi connectivity index (χ3n) is 10.9. The van der Waals surface area contributed by atoms with Crippen molar-refractivity contribution in [3.8, 4) is 11.1 Å². The van der Waals surface area contributed by atoms with Gasteiger partial charge in [0.2, 0.25) is 5.91 Å². The second kappa shape index (κ2) is 19.8. The number of piperidine rings is 1. The summed E-state index contributed by atoms with van der Waals surface area (Å²) in [7, 11) is 0. The van der Waals surface area contributed by atoms with Crippen molar-refractivity contribution in [1.29, 1.82) is 0 Å². The normalized spacial score (nSPS) is 14.7. The van der Waals surface area contributed by atoms with Crippen molar-refractivity contribution in [2.75, 3.05) is 13.1 Å². The topological polar surface area (TPSA) is 161 Å². The Balaban J connectivity index is 0.000000646. The zero-order valence-corrected chi connectivity index (χ0v) is 34.3. The average molecular weight is 866 g/mol. The fourth-order valence-corrected chi connectivity index (χ4v) is 7.39. The minimum atomic E-state index is -4.41. The van der Waals surface area contributed by atoms with Crippen LogP contribution in [0.25, 0.3) is 22.0 Å². The molecule has 2 unspecified atom stereocenters. The number of likely N-dealkylation sites (tertiary alicyclic amines) is 1. The van der Waals surface area contributed by atoms with Gasteiger partial charge < -0.3 is 29.9 Å². The number of pyridine rings is 1. The molecule has 1 saturated heterocycles. The minimum Gasteiger partial charge on any atom is -0.479 e. The molecule has 0 radical (unpaired) electrons. The Kier molecular flexibility index (Phi) is 15.1. The Morgan fingerprint density at radius 3 is 1.89 bits per heavy atom. The minimum absolute atomic E-state index is 0.0151. The number of rotatable bonds is 12. The highest BCUT2D eigenvalue weighted by Crippen LogP contribution is 2.32. The maximum Gasteiger partial charge on any atom is 0.416 e. The number of aromatic nitrogens is 1. The quantitative estimate of drug-likeness (QED) is 0.0977. The number of carbonyl (C=O) groups is 3. The second-order valence-electron chi connectivity index (χ2n) is 16.1. The first-order valence-corrected chi connectivity index (χ1v) is 19.8. The number of aryl methyl sites for hydroxylation is 2. The molecule has 4 aromatic carbocycles. The van der Waals surface area contributed by atoms with Crippen LogP contribution in [0.5, 0.6) is 0 Å². The molecule has 4 N–H and O–H groups in total. The van der Waals surface area contributed by atoms with Gasteiger partial charge in [-0.05, 0) is 99.0 Å². The number of hydrogen-bond acceptors (Lipinski definition) is 7. The maximum absolute atomic E-state index is 14.6. The summed E-state index contributed by atoms with van der Waals surface area (Å²) >= 11 is 0. The number of carbonyl (C=O) groups excluding carboxylic acids is 1. The number of aliphatic carboxylic acids is 2. The molecule has 11 nitrogen and oxygen atoms in total. The van der Waals surface area contributed by atoms with Crippen molar-refractivity contribution in [3.05, 3.63) is 141 Å². The average Bonchev–Trinajstić information content (AvgIpc) is 3.23. The largest absolute Gasteiger partial charge is 0.479 e. The number of carboxylic acid groups (broad SMARTS) is 2. The Morgan fingerprint density at radius 2 is 1.34 bits per heavy atom. The summed E-state index contributed by atoms with van der Waals surface area (Å²) in [5.41, 5.74) is 2.65. The highest BCUT2D eigenvalue weighted by Gasteiger charge is 2.33. The second-order valence-corrected chi connectivity index (χ2v) is 16.1. The standard InChI is InChI=1S/C42H42F5N3O2.C4H6O6/c1-41(2,3)48-23-21-33(22-24-48)50(26-28-11-13-29(14-12-28)30-15-18-32(19-16-30)42(45,46)47)39(52)27-49-34(20-17-31-7-6-9-36(43)40(31)44)25-38(51)35-8-4-5-10-37(35)49;5-1(3(7)8)2(6)4(9)10/h4-16,18-19,25,33H,17,20-24,26-27H2,1-3H3;1-2,5-6H,(H,7,8)(H,9,10). The first-order chi connectivity index (χ1) is 29.1. The molecule has 5 aromatic rings. The number of para-hydroxylation sites is 1. The molecule has 0 saturated carbocycles. The van der Waals surface area contributed by atoms with Gasteiger partial charge in [0.25, 0.3) is 0 Å². The number of amides is 1. The van der Waals surface area contributed by atoms with Gasteiger partial charge in [-0.3, -0.25) is 14.5 Å². The van der Waals surface area contributed by atoms with Crippen LogP contribution in [0, 0.1) is 11.6 Å². The van der Waals surface area contributed by atoms with Crippen LogP contribution in [0.4, 0.5) is 22.0 Å². The van der Waals surface area contributed by atoms with E-state index in [-0.39, 0.29) is 47.9 Å². The van der Waals surface area contributed by atoms with Crippen molar-refractivity contribution in [1.82, 2.24) is 14.4 Å². The summed E-state index contributed by atoms with van der Waals surface area (Å²) in [5.74, 6) is -5.55. The summed E-state index contributed by atoms with van der Waals surface area (Å²) in [6.07, 6.45) is -7.07. The van der Waals surface area contributed by atoms with E-state index in [4.69, 9.17) is 20.4 Å². The van der Waals surface area contributed by atoms with Gasteiger partial charge in [0.05, 0.1) is 11.1 Å². The molecule has 0 aliphatic carbocycles. The number of aliphatic hydroxyl groups excluding tert-OH is 2. The summed E-state index contributed by atoms with van der Waals surface area (Å²) in [6, 6.07) is 25.0. The van der Waals surface area contributed by atoms with E-state index in [9.17, 15) is 41.1 Å². The fraction of sp³-hybridized carbons (Fsp3) is 0.348. The van der Waals surface area contributed by atoms with Crippen molar-refractivity contribution >= 4 is 28.7 Å². The molecule has 16 heteroatoms. The van der Waals surface area contributed by atoms with Gasteiger partial charge >= 0.3 is 18.1 Å². The van der Waals surface area contributed by atoms with Gasteiger partial charge in [-0.1, -0.05) is 60.7 Å². The summed E-state index contributed by atoms with van der Waals surface area (Å²) in [4.78, 5) is 51.6. The van der Waals surface area contributed by atoms with E-state index in [1.54, 1.807) is 24.3 Å². The number of aliphatic hydroxyl groups is 2. The van der Waals surface area contributed by atoms with Gasteiger partial charge in [-0.2, -0.15) is 13.2 Å². The molecule has 1 aromatic heterocycles. The zero-order chi connectivity index (χ0) is 45.5. The number of halogens is 5. The lowest BCUT2D eigenvalue weighted by atomic mass is 9.96. The molecule has 1 amide bonds. The molecule has 0 bridgehead atoms. The van der Waals surface area contributed by atoms with Crippen LogP contribution < -0.4 is 5.43 Å². The summed E-state index contributed by atoms with van der Waals surface area (Å²) < 4.78 is 69.8. The van der Waals surface area contributed by atoms with Crippen LogP contribution in [0.1, 0.15) is 56.0 Å². The van der Waals surface area contributed by atoms with Gasteiger partial charge in [-0.15, -0.1) is 0 Å². The molecule has 1 fully saturated rings. The maximum atomic E-state index is 14.6. The molecule has 2 heterocycles. The lowest BCUT2D eigenvalue weighted by Crippen LogP contribution is -2.52. The SMILES string of the molecule is CC(C)(C)N1CCC(N(Cc2ccc(-c3ccc(C(F)(F)F)cc3)cc2)C(=O)Cn2c(CCc3cccc(F)c3F)cc(=O)c3ccccc32)CC1.O=C(O)C(O)C(O)C(=O)O. The number of benzene rings is 4. The number of alkyl halides is 3. The van der Waals surface area contributed by atoms with E-state index in [0.717, 1.165) is 55.3 Å². The Bertz CT molecular complexity index is 2410. The van der Waals surface area contributed by atoms with Crippen molar-refractivity contribution in [2.45, 2.75) is 89.5 Å². The van der Waals surface area contributed by atoms with E-state index in [1.807, 2.05) is 33.7 Å². The van der Waals surface area contributed by atoms with E-state index in [1.165, 1.54) is 30.3 Å². The van der Waals surface area contributed by atoms with Crippen molar-refractivity contribution < 1.29 is 56.8 Å². The first kappa shape index (κ1) is 47.1. The predicted octanol–water partition coefficient (Wildman–Crippen LogP) is 6.92. The molecule has 330 valence electrons. The van der Waals surface area contributed by atoms with Crippen LogP contribution >= 0.6 is 0 Å². The van der Waals surface area contributed by atoms with Crippen LogP contribution in [0.2, 0.25) is 0 Å². The zero-order valence-electron chi connectivity index (χ0n) is 34.3. The first-order valence-electron chi connectivity index (χ1n) is 19.8. The molecule has 1 aliphatic heterocycles.